The fourth-order valence-electron chi connectivity index (χ4n) is 2.21. The van der Waals surface area contributed by atoms with E-state index in [1.54, 1.807) is 0 Å². The van der Waals surface area contributed by atoms with Gasteiger partial charge in [0.05, 0.1) is 7.11 Å². The van der Waals surface area contributed by atoms with Gasteiger partial charge in [-0.25, -0.2) is 14.8 Å². The van der Waals surface area contributed by atoms with E-state index in [4.69, 9.17) is 0 Å². The van der Waals surface area contributed by atoms with Crippen LogP contribution < -0.4 is 10.6 Å². The summed E-state index contributed by atoms with van der Waals surface area (Å²) in [5.41, 5.74) is 0.750. The first-order chi connectivity index (χ1) is 9.19. The molecule has 2 heterocycles. The monoisotopic (exact) mass is 264 g/mol. The minimum atomic E-state index is -0.508. The van der Waals surface area contributed by atoms with Crippen LogP contribution in [0.4, 0.5) is 5.82 Å². The van der Waals surface area contributed by atoms with E-state index in [1.807, 2.05) is 13.0 Å². The molecule has 1 aliphatic rings. The Balaban J connectivity index is 1.91. The van der Waals surface area contributed by atoms with Gasteiger partial charge in [-0.05, 0) is 38.8 Å². The zero-order valence-electron chi connectivity index (χ0n) is 11.4. The maximum Gasteiger partial charge on any atom is 0.376 e. The second kappa shape index (κ2) is 6.47. The molecule has 1 atom stereocenters. The Labute approximate surface area is 113 Å². The first-order valence-electron chi connectivity index (χ1n) is 6.57. The number of aromatic nitrogens is 2. The zero-order valence-corrected chi connectivity index (χ0v) is 11.4. The molecule has 1 fully saturated rings. The third-order valence-electron chi connectivity index (χ3n) is 3.24. The molecule has 0 aromatic carbocycles. The lowest BCUT2D eigenvalue weighted by Gasteiger charge is -2.10. The van der Waals surface area contributed by atoms with E-state index in [0.29, 0.717) is 5.82 Å². The van der Waals surface area contributed by atoms with Crippen molar-refractivity contribution in [2.45, 2.75) is 19.8 Å². The van der Waals surface area contributed by atoms with Gasteiger partial charge in [0.2, 0.25) is 5.82 Å². The predicted octanol–water partition coefficient (Wildman–Crippen LogP) is 0.983. The van der Waals surface area contributed by atoms with Crippen molar-refractivity contribution in [1.82, 2.24) is 15.3 Å². The highest BCUT2D eigenvalue weighted by Crippen LogP contribution is 2.13. The highest BCUT2D eigenvalue weighted by Gasteiger charge is 2.14. The van der Waals surface area contributed by atoms with E-state index in [-0.39, 0.29) is 5.82 Å². The molecule has 1 unspecified atom stereocenters. The Kier molecular flexibility index (Phi) is 4.68. The number of nitrogens with zero attached hydrogens (tertiary/aromatic N) is 2. The van der Waals surface area contributed by atoms with Crippen molar-refractivity contribution in [3.05, 3.63) is 17.6 Å². The van der Waals surface area contributed by atoms with Crippen LogP contribution >= 0.6 is 0 Å². The molecule has 1 aliphatic heterocycles. The average molecular weight is 264 g/mol. The molecule has 1 aromatic rings. The number of rotatable bonds is 5. The van der Waals surface area contributed by atoms with Crippen LogP contribution in [0.25, 0.3) is 0 Å². The maximum atomic E-state index is 11.4. The molecule has 104 valence electrons. The number of hydrogen-bond donors (Lipinski definition) is 2. The highest BCUT2D eigenvalue weighted by molar-refractivity contribution is 5.85. The van der Waals surface area contributed by atoms with Gasteiger partial charge in [0.1, 0.15) is 5.82 Å². The minimum Gasteiger partial charge on any atom is -0.463 e. The summed E-state index contributed by atoms with van der Waals surface area (Å²) in [6, 6.07) is 1.83. The van der Waals surface area contributed by atoms with Crippen LogP contribution in [0, 0.1) is 12.8 Å². The number of hydrogen-bond acceptors (Lipinski definition) is 6. The second-order valence-corrected chi connectivity index (χ2v) is 4.78. The SMILES string of the molecule is COC(=O)c1nc(C)cc(NCCC2CCNC2)n1. The highest BCUT2D eigenvalue weighted by atomic mass is 16.5. The van der Waals surface area contributed by atoms with Gasteiger partial charge in [-0.1, -0.05) is 0 Å². The fraction of sp³-hybridized carbons (Fsp3) is 0.615. The van der Waals surface area contributed by atoms with E-state index in [0.717, 1.165) is 37.7 Å². The van der Waals surface area contributed by atoms with Crippen molar-refractivity contribution in [2.75, 3.05) is 32.1 Å². The molecule has 6 heteroatoms. The van der Waals surface area contributed by atoms with Gasteiger partial charge in [-0.3, -0.25) is 0 Å². The van der Waals surface area contributed by atoms with Crippen molar-refractivity contribution >= 4 is 11.8 Å². The Morgan fingerprint density at radius 2 is 2.42 bits per heavy atom. The fourth-order valence-corrected chi connectivity index (χ4v) is 2.21. The average Bonchev–Trinajstić information content (AvgIpc) is 2.90. The van der Waals surface area contributed by atoms with Crippen molar-refractivity contribution in [3.8, 4) is 0 Å². The Morgan fingerprint density at radius 1 is 1.58 bits per heavy atom. The molecule has 0 spiro atoms. The third-order valence-corrected chi connectivity index (χ3v) is 3.24. The third kappa shape index (κ3) is 3.89. The number of aryl methyl sites for hydroxylation is 1. The molecule has 6 nitrogen and oxygen atoms in total. The lowest BCUT2D eigenvalue weighted by molar-refractivity contribution is 0.0586. The molecule has 0 radical (unpaired) electrons. The predicted molar refractivity (Wildman–Crippen MR) is 72.2 cm³/mol. The molecule has 0 amide bonds. The van der Waals surface area contributed by atoms with Crippen LogP contribution in [0.3, 0.4) is 0 Å². The Morgan fingerprint density at radius 3 is 3.11 bits per heavy atom. The van der Waals surface area contributed by atoms with E-state index in [2.05, 4.69) is 25.3 Å². The molecule has 1 aromatic heterocycles. The summed E-state index contributed by atoms with van der Waals surface area (Å²) in [6.07, 6.45) is 2.33. The maximum absolute atomic E-state index is 11.4. The molecule has 2 rings (SSSR count). The van der Waals surface area contributed by atoms with Crippen molar-refractivity contribution in [1.29, 1.82) is 0 Å². The molecule has 0 bridgehead atoms. The summed E-state index contributed by atoms with van der Waals surface area (Å²) in [4.78, 5) is 19.6. The normalized spacial score (nSPS) is 18.3. The van der Waals surface area contributed by atoms with Crippen molar-refractivity contribution in [2.24, 2.45) is 5.92 Å². The minimum absolute atomic E-state index is 0.104. The number of methoxy groups -OCH3 is 1. The Hall–Kier alpha value is -1.69. The number of carbonyl (C=O) groups excluding carboxylic acids is 1. The molecule has 19 heavy (non-hydrogen) atoms. The Bertz CT molecular complexity index is 444. The molecule has 1 saturated heterocycles. The zero-order chi connectivity index (χ0) is 13.7. The number of ether oxygens (including phenoxy) is 1. The van der Waals surface area contributed by atoms with E-state index >= 15 is 0 Å². The van der Waals surface area contributed by atoms with E-state index in [1.165, 1.54) is 13.5 Å². The summed E-state index contributed by atoms with van der Waals surface area (Å²) in [6.45, 7) is 4.89. The first-order valence-corrected chi connectivity index (χ1v) is 6.57. The van der Waals surface area contributed by atoms with Gasteiger partial charge in [-0.15, -0.1) is 0 Å². The van der Waals surface area contributed by atoms with E-state index < -0.39 is 5.97 Å². The quantitative estimate of drug-likeness (QED) is 0.772. The smallest absolute Gasteiger partial charge is 0.376 e. The van der Waals surface area contributed by atoms with Gasteiger partial charge in [0.25, 0.3) is 0 Å². The largest absolute Gasteiger partial charge is 0.463 e. The summed E-state index contributed by atoms with van der Waals surface area (Å²) in [5, 5.41) is 6.59. The summed E-state index contributed by atoms with van der Waals surface area (Å²) in [5.74, 6) is 1.01. The standard InChI is InChI=1S/C13H20N4O2/c1-9-7-11(17-12(16-9)13(18)19-2)15-6-4-10-3-5-14-8-10/h7,10,14H,3-6,8H2,1-2H3,(H,15,16,17). The van der Waals surface area contributed by atoms with Crippen LogP contribution in [-0.2, 0) is 4.74 Å². The number of anilines is 1. The van der Waals surface area contributed by atoms with Gasteiger partial charge >= 0.3 is 5.97 Å². The molecular formula is C13H20N4O2. The van der Waals surface area contributed by atoms with Crippen LogP contribution in [0.2, 0.25) is 0 Å². The first kappa shape index (κ1) is 13.7. The van der Waals surface area contributed by atoms with Gasteiger partial charge in [-0.2, -0.15) is 0 Å². The number of carbonyl (C=O) groups is 1. The van der Waals surface area contributed by atoms with Crippen molar-refractivity contribution < 1.29 is 9.53 Å². The molecule has 0 aliphatic carbocycles. The van der Waals surface area contributed by atoms with Crippen LogP contribution in [-0.4, -0.2) is 42.7 Å². The van der Waals surface area contributed by atoms with Crippen LogP contribution in [0.1, 0.15) is 29.2 Å². The molecular weight excluding hydrogens is 244 g/mol. The summed E-state index contributed by atoms with van der Waals surface area (Å²) in [7, 11) is 1.33. The summed E-state index contributed by atoms with van der Waals surface area (Å²) >= 11 is 0. The second-order valence-electron chi connectivity index (χ2n) is 4.78. The number of esters is 1. The van der Waals surface area contributed by atoms with E-state index in [9.17, 15) is 4.79 Å². The van der Waals surface area contributed by atoms with Crippen LogP contribution in [0.15, 0.2) is 6.07 Å². The lowest BCUT2D eigenvalue weighted by atomic mass is 10.1. The number of nitrogens with one attached hydrogen (secondary N) is 2. The van der Waals surface area contributed by atoms with Gasteiger partial charge in [0.15, 0.2) is 0 Å². The summed E-state index contributed by atoms with van der Waals surface area (Å²) < 4.78 is 4.63. The molecule has 2 N–H and O–H groups in total. The molecule has 0 saturated carbocycles. The van der Waals surface area contributed by atoms with Crippen molar-refractivity contribution in [3.63, 3.8) is 0 Å². The van der Waals surface area contributed by atoms with Gasteiger partial charge in [0, 0.05) is 18.3 Å². The van der Waals surface area contributed by atoms with Crippen LogP contribution in [0.5, 0.6) is 0 Å². The van der Waals surface area contributed by atoms with Gasteiger partial charge < -0.3 is 15.4 Å². The topological polar surface area (TPSA) is 76.1 Å². The lowest BCUT2D eigenvalue weighted by Crippen LogP contribution is -2.15.